The van der Waals surface area contributed by atoms with Crippen LogP contribution in [0.15, 0.2) is 23.8 Å². The first-order valence-electron chi connectivity index (χ1n) is 26.1. The smallest absolute Gasteiger partial charge is 0.311 e. The van der Waals surface area contributed by atoms with Gasteiger partial charge in [-0.25, -0.2) is 0 Å². The largest absolute Gasteiger partial charge is 0.462 e. The van der Waals surface area contributed by atoms with Crippen molar-refractivity contribution in [2.75, 3.05) is 33.9 Å². The first kappa shape index (κ1) is 53.0. The number of unbranched alkanes of at least 4 members (excludes halogenated alkanes) is 3. The van der Waals surface area contributed by atoms with Crippen molar-refractivity contribution < 1.29 is 23.8 Å². The standard InChI is InChI=1S/C56H99NO5/c1-15-54(10,40-53(8,9)51(59)61-38-22-33-52(6,7)42(4)5)49(62-50(58)26-21-36-57(13)14)25-17-16-20-37-60-45-31-34-56(12)44(39-45)27-29-46-47-30-28-43(24-19-18-23-41(2)3)55(47,11)35-32-48(46)56/h22,27,33,41-43,45-49H,15-21,23-26,28-32,34-40H2,1-14H3/b33-22-. The zero-order chi connectivity index (χ0) is 45.9. The molecule has 358 valence electrons. The SMILES string of the molecule is CCC(C)(CC(C)(C)C(=O)OC/C=C\C(C)(C)C(C)C)C(CCCCCOC1CCC2(C)C(=CCC3C2CCC2(C)C(CCCCC(C)C)CCC32)C1)OC(=O)CCCN(C)C. The third-order valence-electron chi connectivity index (χ3n) is 17.9. The Morgan fingerprint density at radius 1 is 0.887 bits per heavy atom. The van der Waals surface area contributed by atoms with Crippen molar-refractivity contribution in [1.29, 1.82) is 0 Å². The van der Waals surface area contributed by atoms with Crippen LogP contribution >= 0.6 is 0 Å². The Morgan fingerprint density at radius 2 is 1.61 bits per heavy atom. The molecule has 0 saturated heterocycles. The Bertz CT molecular complexity index is 1460. The number of hydrogen-bond acceptors (Lipinski definition) is 6. The topological polar surface area (TPSA) is 65.1 Å². The lowest BCUT2D eigenvalue weighted by Crippen LogP contribution is -2.50. The molecule has 0 aromatic rings. The fourth-order valence-corrected chi connectivity index (χ4v) is 12.9. The monoisotopic (exact) mass is 866 g/mol. The van der Waals surface area contributed by atoms with E-state index in [0.717, 1.165) is 87.7 Å². The van der Waals surface area contributed by atoms with Gasteiger partial charge in [-0.1, -0.05) is 119 Å². The van der Waals surface area contributed by atoms with Gasteiger partial charge in [0, 0.05) is 18.4 Å². The van der Waals surface area contributed by atoms with Crippen molar-refractivity contribution in [3.8, 4) is 0 Å². The van der Waals surface area contributed by atoms with E-state index in [1.54, 1.807) is 5.57 Å². The number of carbonyl (C=O) groups excluding carboxylic acids is 2. The molecule has 0 spiro atoms. The Hall–Kier alpha value is -1.66. The van der Waals surface area contributed by atoms with Crippen LogP contribution in [-0.2, 0) is 23.8 Å². The van der Waals surface area contributed by atoms with Crippen molar-refractivity contribution in [3.05, 3.63) is 23.8 Å². The fraction of sp³-hybridized carbons (Fsp3) is 0.893. The van der Waals surface area contributed by atoms with Crippen LogP contribution in [0.2, 0.25) is 0 Å². The van der Waals surface area contributed by atoms with Gasteiger partial charge in [0.1, 0.15) is 12.7 Å². The molecule has 62 heavy (non-hydrogen) atoms. The van der Waals surface area contributed by atoms with Crippen LogP contribution in [0.1, 0.15) is 212 Å². The third-order valence-corrected chi connectivity index (χ3v) is 17.9. The van der Waals surface area contributed by atoms with Gasteiger partial charge in [0.15, 0.2) is 0 Å². The van der Waals surface area contributed by atoms with E-state index in [9.17, 15) is 9.59 Å². The van der Waals surface area contributed by atoms with Gasteiger partial charge < -0.3 is 19.1 Å². The third kappa shape index (κ3) is 13.9. The number of esters is 2. The number of ether oxygens (including phenoxy) is 3. The van der Waals surface area contributed by atoms with Crippen LogP contribution < -0.4 is 0 Å². The number of fused-ring (bicyclic) bond motifs is 5. The van der Waals surface area contributed by atoms with Crippen molar-refractivity contribution in [1.82, 2.24) is 4.90 Å². The van der Waals surface area contributed by atoms with Crippen molar-refractivity contribution >= 4 is 11.9 Å². The van der Waals surface area contributed by atoms with E-state index >= 15 is 0 Å². The van der Waals surface area contributed by atoms with Crippen LogP contribution in [-0.4, -0.2) is 62.9 Å². The minimum Gasteiger partial charge on any atom is -0.462 e. The van der Waals surface area contributed by atoms with Crippen LogP contribution in [0.4, 0.5) is 0 Å². The first-order valence-corrected chi connectivity index (χ1v) is 26.1. The van der Waals surface area contributed by atoms with E-state index in [-0.39, 0.29) is 35.5 Å². The van der Waals surface area contributed by atoms with Gasteiger partial charge in [0.25, 0.3) is 0 Å². The predicted octanol–water partition coefficient (Wildman–Crippen LogP) is 14.6. The highest BCUT2D eigenvalue weighted by Crippen LogP contribution is 2.67. The van der Waals surface area contributed by atoms with E-state index < -0.39 is 5.41 Å². The lowest BCUT2D eigenvalue weighted by atomic mass is 9.47. The molecule has 4 aliphatic rings. The summed E-state index contributed by atoms with van der Waals surface area (Å²) < 4.78 is 18.9. The summed E-state index contributed by atoms with van der Waals surface area (Å²) in [7, 11) is 4.07. The molecule has 6 heteroatoms. The number of carbonyl (C=O) groups is 2. The van der Waals surface area contributed by atoms with Gasteiger partial charge in [-0.15, -0.1) is 0 Å². The Kier molecular flexibility index (Phi) is 19.8. The summed E-state index contributed by atoms with van der Waals surface area (Å²) in [4.78, 5) is 28.9. The molecular weight excluding hydrogens is 767 g/mol. The Morgan fingerprint density at radius 3 is 2.29 bits per heavy atom. The van der Waals surface area contributed by atoms with E-state index in [2.05, 4.69) is 86.3 Å². The molecular formula is C56H99NO5. The molecule has 4 rings (SSSR count). The Balaban J connectivity index is 1.28. The predicted molar refractivity (Wildman–Crippen MR) is 260 cm³/mol. The zero-order valence-electron chi connectivity index (χ0n) is 43.1. The molecule has 3 fully saturated rings. The second-order valence-corrected chi connectivity index (χ2v) is 24.3. The van der Waals surface area contributed by atoms with E-state index in [1.807, 2.05) is 34.0 Å². The molecule has 4 aliphatic carbocycles. The summed E-state index contributed by atoms with van der Waals surface area (Å²) in [5, 5.41) is 0. The zero-order valence-corrected chi connectivity index (χ0v) is 43.1. The minimum atomic E-state index is -0.718. The highest BCUT2D eigenvalue weighted by molar-refractivity contribution is 5.76. The van der Waals surface area contributed by atoms with Crippen LogP contribution in [0, 0.1) is 62.6 Å². The second-order valence-electron chi connectivity index (χ2n) is 24.3. The molecule has 9 atom stereocenters. The lowest BCUT2D eigenvalue weighted by Gasteiger charge is -2.58. The van der Waals surface area contributed by atoms with Crippen LogP contribution in [0.3, 0.4) is 0 Å². The van der Waals surface area contributed by atoms with Gasteiger partial charge >= 0.3 is 11.9 Å². The molecule has 0 radical (unpaired) electrons. The molecule has 0 heterocycles. The van der Waals surface area contributed by atoms with E-state index in [1.165, 1.54) is 70.6 Å². The lowest BCUT2D eigenvalue weighted by molar-refractivity contribution is -0.163. The summed E-state index contributed by atoms with van der Waals surface area (Å²) in [5.41, 5.74) is 1.60. The number of allylic oxidation sites excluding steroid dienone is 2. The summed E-state index contributed by atoms with van der Waals surface area (Å²) in [6.45, 7) is 29.2. The average Bonchev–Trinajstić information content (AvgIpc) is 3.54. The summed E-state index contributed by atoms with van der Waals surface area (Å²) in [5.74, 6) is 4.60. The highest BCUT2D eigenvalue weighted by atomic mass is 16.5. The van der Waals surface area contributed by atoms with Gasteiger partial charge in [0.05, 0.1) is 11.5 Å². The molecule has 6 nitrogen and oxygen atoms in total. The summed E-state index contributed by atoms with van der Waals surface area (Å²) >= 11 is 0. The van der Waals surface area contributed by atoms with Crippen molar-refractivity contribution in [3.63, 3.8) is 0 Å². The van der Waals surface area contributed by atoms with Crippen molar-refractivity contribution in [2.45, 2.75) is 224 Å². The van der Waals surface area contributed by atoms with Crippen LogP contribution in [0.25, 0.3) is 0 Å². The van der Waals surface area contributed by atoms with Crippen molar-refractivity contribution in [2.24, 2.45) is 62.6 Å². The quantitative estimate of drug-likeness (QED) is 0.0490. The molecule has 0 bridgehead atoms. The molecule has 0 N–H and O–H groups in total. The maximum atomic E-state index is 13.5. The van der Waals surface area contributed by atoms with Gasteiger partial charge in [-0.2, -0.15) is 0 Å². The van der Waals surface area contributed by atoms with Gasteiger partial charge in [-0.05, 0) is 183 Å². The molecule has 0 aliphatic heterocycles. The highest BCUT2D eigenvalue weighted by Gasteiger charge is 2.58. The van der Waals surface area contributed by atoms with Gasteiger partial charge in [-0.3, -0.25) is 9.59 Å². The number of nitrogens with zero attached hydrogens (tertiary/aromatic N) is 1. The maximum Gasteiger partial charge on any atom is 0.311 e. The van der Waals surface area contributed by atoms with Gasteiger partial charge in [0.2, 0.25) is 0 Å². The summed E-state index contributed by atoms with van der Waals surface area (Å²) in [6.07, 6.45) is 29.7. The van der Waals surface area contributed by atoms with Crippen LogP contribution in [0.5, 0.6) is 0 Å². The number of hydrogen-bond donors (Lipinski definition) is 0. The average molecular weight is 866 g/mol. The van der Waals surface area contributed by atoms with E-state index in [0.29, 0.717) is 35.7 Å². The first-order chi connectivity index (χ1) is 29.1. The molecule has 3 saturated carbocycles. The molecule has 0 aromatic carbocycles. The maximum absolute atomic E-state index is 13.5. The second kappa shape index (κ2) is 23.2. The number of rotatable bonds is 26. The summed E-state index contributed by atoms with van der Waals surface area (Å²) in [6, 6.07) is 0. The van der Waals surface area contributed by atoms with E-state index in [4.69, 9.17) is 14.2 Å². The Labute approximate surface area is 383 Å². The minimum absolute atomic E-state index is 0.0393. The molecule has 0 amide bonds. The fourth-order valence-electron chi connectivity index (χ4n) is 12.9. The normalized spacial score (nSPS) is 29.3. The molecule has 9 unspecified atom stereocenters. The molecule has 0 aromatic heterocycles.